The zero-order valence-electron chi connectivity index (χ0n) is 12.3. The molecule has 6 heteroatoms. The summed E-state index contributed by atoms with van der Waals surface area (Å²) in [6, 6.07) is -0.512. The monoisotopic (exact) mass is 287 g/mol. The maximum Gasteiger partial charge on any atom is 0.246 e. The highest BCUT2D eigenvalue weighted by molar-refractivity contribution is 7.80. The van der Waals surface area contributed by atoms with Gasteiger partial charge < -0.3 is 10.2 Å². The lowest BCUT2D eigenvalue weighted by molar-refractivity contribution is -0.137. The van der Waals surface area contributed by atoms with Crippen LogP contribution in [0.25, 0.3) is 0 Å². The van der Waals surface area contributed by atoms with Crippen LogP contribution in [0.4, 0.5) is 0 Å². The van der Waals surface area contributed by atoms with Gasteiger partial charge in [0, 0.05) is 44.4 Å². The Morgan fingerprint density at radius 2 is 1.74 bits per heavy atom. The van der Waals surface area contributed by atoms with Crippen molar-refractivity contribution in [3.8, 4) is 0 Å². The number of amides is 2. The number of rotatable bonds is 3. The molecular formula is C13H25N3O2S. The molecule has 1 heterocycles. The summed E-state index contributed by atoms with van der Waals surface area (Å²) in [6.45, 7) is 11.1. The van der Waals surface area contributed by atoms with E-state index in [2.05, 4.69) is 43.6 Å². The number of carbonyl (C=O) groups is 2. The first-order chi connectivity index (χ1) is 8.75. The normalized spacial score (nSPS) is 19.1. The molecule has 0 saturated carbocycles. The molecule has 1 aliphatic heterocycles. The van der Waals surface area contributed by atoms with Gasteiger partial charge in [0.15, 0.2) is 0 Å². The molecule has 1 aliphatic rings. The van der Waals surface area contributed by atoms with Crippen LogP contribution in [0, 0.1) is 0 Å². The van der Waals surface area contributed by atoms with Crippen LogP contribution in [0.5, 0.6) is 0 Å². The second kappa shape index (κ2) is 6.61. The SMILES string of the molecule is CC(=O)NC(CS)C(=O)N1CCN(C(C)(C)C)CC1. The predicted molar refractivity (Wildman–Crippen MR) is 79.4 cm³/mol. The van der Waals surface area contributed by atoms with Gasteiger partial charge in [-0.05, 0) is 20.8 Å². The van der Waals surface area contributed by atoms with Crippen LogP contribution in [0.15, 0.2) is 0 Å². The zero-order chi connectivity index (χ0) is 14.6. The van der Waals surface area contributed by atoms with E-state index >= 15 is 0 Å². The Balaban J connectivity index is 2.54. The van der Waals surface area contributed by atoms with E-state index in [1.54, 1.807) is 0 Å². The average Bonchev–Trinajstić information content (AvgIpc) is 2.34. The second-order valence-corrected chi connectivity index (χ2v) is 6.28. The first-order valence-electron chi connectivity index (χ1n) is 6.67. The van der Waals surface area contributed by atoms with E-state index < -0.39 is 6.04 Å². The highest BCUT2D eigenvalue weighted by Crippen LogP contribution is 2.16. The van der Waals surface area contributed by atoms with Crippen molar-refractivity contribution >= 4 is 24.4 Å². The van der Waals surface area contributed by atoms with Crippen LogP contribution in [0.1, 0.15) is 27.7 Å². The van der Waals surface area contributed by atoms with E-state index in [-0.39, 0.29) is 17.4 Å². The fraction of sp³-hybridized carbons (Fsp3) is 0.846. The average molecular weight is 287 g/mol. The van der Waals surface area contributed by atoms with Gasteiger partial charge in [-0.2, -0.15) is 12.6 Å². The maximum atomic E-state index is 12.3. The van der Waals surface area contributed by atoms with E-state index in [0.717, 1.165) is 13.1 Å². The quantitative estimate of drug-likeness (QED) is 0.737. The summed E-state index contributed by atoms with van der Waals surface area (Å²) in [7, 11) is 0. The lowest BCUT2D eigenvalue weighted by Crippen LogP contribution is -2.58. The zero-order valence-corrected chi connectivity index (χ0v) is 13.2. The standard InChI is InChI=1S/C13H25N3O2S/c1-10(17)14-11(9-19)12(18)15-5-7-16(8-6-15)13(2,3)4/h11,19H,5-9H2,1-4H3,(H,14,17). The molecule has 1 rings (SSSR count). The molecule has 0 aromatic heterocycles. The van der Waals surface area contributed by atoms with Crippen LogP contribution >= 0.6 is 12.6 Å². The predicted octanol–water partition coefficient (Wildman–Crippen LogP) is 0.364. The number of hydrogen-bond acceptors (Lipinski definition) is 4. The Kier molecular flexibility index (Phi) is 5.67. The largest absolute Gasteiger partial charge is 0.344 e. The summed E-state index contributed by atoms with van der Waals surface area (Å²) in [5.41, 5.74) is 0.135. The van der Waals surface area contributed by atoms with E-state index in [9.17, 15) is 9.59 Å². The summed E-state index contributed by atoms with van der Waals surface area (Å²) in [6.07, 6.45) is 0. The van der Waals surface area contributed by atoms with Crippen LogP contribution in [-0.2, 0) is 9.59 Å². The van der Waals surface area contributed by atoms with Crippen LogP contribution in [-0.4, -0.2) is 65.1 Å². The molecule has 1 unspecified atom stereocenters. The molecule has 5 nitrogen and oxygen atoms in total. The van der Waals surface area contributed by atoms with Gasteiger partial charge in [0.1, 0.15) is 6.04 Å². The summed E-state index contributed by atoms with van der Waals surface area (Å²) < 4.78 is 0. The molecule has 0 aliphatic carbocycles. The molecule has 0 aromatic rings. The summed E-state index contributed by atoms with van der Waals surface area (Å²) in [4.78, 5) is 27.5. The first-order valence-corrected chi connectivity index (χ1v) is 7.30. The number of nitrogens with zero attached hydrogens (tertiary/aromatic N) is 2. The van der Waals surface area contributed by atoms with Crippen molar-refractivity contribution < 1.29 is 9.59 Å². The number of carbonyl (C=O) groups excluding carboxylic acids is 2. The molecule has 0 aromatic carbocycles. The number of hydrogen-bond donors (Lipinski definition) is 2. The van der Waals surface area contributed by atoms with Crippen molar-refractivity contribution in [1.29, 1.82) is 0 Å². The molecule has 1 atom stereocenters. The molecule has 1 saturated heterocycles. The number of piperazine rings is 1. The van der Waals surface area contributed by atoms with Gasteiger partial charge >= 0.3 is 0 Å². The minimum absolute atomic E-state index is 0.0289. The third-order valence-electron chi connectivity index (χ3n) is 3.40. The van der Waals surface area contributed by atoms with Gasteiger partial charge in [-0.25, -0.2) is 0 Å². The Morgan fingerprint density at radius 1 is 1.21 bits per heavy atom. The molecule has 2 amide bonds. The molecule has 1 fully saturated rings. The van der Waals surface area contributed by atoms with Gasteiger partial charge in [-0.15, -0.1) is 0 Å². The van der Waals surface area contributed by atoms with Crippen LogP contribution in [0.2, 0.25) is 0 Å². The van der Waals surface area contributed by atoms with Gasteiger partial charge in [0.25, 0.3) is 0 Å². The van der Waals surface area contributed by atoms with E-state index in [1.165, 1.54) is 6.92 Å². The van der Waals surface area contributed by atoms with Gasteiger partial charge in [-0.3, -0.25) is 14.5 Å². The number of thiol groups is 1. The van der Waals surface area contributed by atoms with Crippen molar-refractivity contribution in [2.75, 3.05) is 31.9 Å². The highest BCUT2D eigenvalue weighted by atomic mass is 32.1. The Hall–Kier alpha value is -0.750. The van der Waals surface area contributed by atoms with Gasteiger partial charge in [0.05, 0.1) is 0 Å². The summed E-state index contributed by atoms with van der Waals surface area (Å²) in [5.74, 6) is 0.109. The maximum absolute atomic E-state index is 12.3. The molecule has 110 valence electrons. The minimum Gasteiger partial charge on any atom is -0.344 e. The summed E-state index contributed by atoms with van der Waals surface area (Å²) in [5, 5.41) is 2.65. The molecular weight excluding hydrogens is 262 g/mol. The van der Waals surface area contributed by atoms with Crippen LogP contribution in [0.3, 0.4) is 0 Å². The Labute approximate surface area is 121 Å². The Bertz CT molecular complexity index is 333. The third kappa shape index (κ3) is 4.69. The van der Waals surface area contributed by atoms with Crippen molar-refractivity contribution in [1.82, 2.24) is 15.1 Å². The van der Waals surface area contributed by atoms with Gasteiger partial charge in [0.2, 0.25) is 11.8 Å². The second-order valence-electron chi connectivity index (χ2n) is 5.92. The van der Waals surface area contributed by atoms with Crippen molar-refractivity contribution in [2.24, 2.45) is 0 Å². The third-order valence-corrected chi connectivity index (χ3v) is 3.76. The lowest BCUT2D eigenvalue weighted by Gasteiger charge is -2.42. The minimum atomic E-state index is -0.512. The van der Waals surface area contributed by atoms with E-state index in [1.807, 2.05) is 4.90 Å². The fourth-order valence-electron chi connectivity index (χ4n) is 2.25. The van der Waals surface area contributed by atoms with Crippen LogP contribution < -0.4 is 5.32 Å². The van der Waals surface area contributed by atoms with E-state index in [0.29, 0.717) is 18.8 Å². The first kappa shape index (κ1) is 16.3. The van der Waals surface area contributed by atoms with Crippen molar-refractivity contribution in [3.05, 3.63) is 0 Å². The molecule has 0 spiro atoms. The molecule has 19 heavy (non-hydrogen) atoms. The smallest absolute Gasteiger partial charge is 0.246 e. The Morgan fingerprint density at radius 3 is 2.11 bits per heavy atom. The van der Waals surface area contributed by atoms with E-state index in [4.69, 9.17) is 0 Å². The number of nitrogens with one attached hydrogen (secondary N) is 1. The molecule has 1 N–H and O–H groups in total. The van der Waals surface area contributed by atoms with Crippen molar-refractivity contribution in [3.63, 3.8) is 0 Å². The van der Waals surface area contributed by atoms with Crippen molar-refractivity contribution in [2.45, 2.75) is 39.3 Å². The lowest BCUT2D eigenvalue weighted by atomic mass is 10.0. The fourth-order valence-corrected chi connectivity index (χ4v) is 2.50. The molecule has 0 radical (unpaired) electrons. The molecule has 0 bridgehead atoms. The van der Waals surface area contributed by atoms with Gasteiger partial charge in [-0.1, -0.05) is 0 Å². The highest BCUT2D eigenvalue weighted by Gasteiger charge is 2.30. The topological polar surface area (TPSA) is 52.7 Å². The summed E-state index contributed by atoms with van der Waals surface area (Å²) >= 11 is 4.14.